The van der Waals surface area contributed by atoms with Gasteiger partial charge in [-0.15, -0.1) is 0 Å². The van der Waals surface area contributed by atoms with Gasteiger partial charge in [-0.1, -0.05) is 6.07 Å². The topological polar surface area (TPSA) is 61.0 Å². The van der Waals surface area contributed by atoms with Gasteiger partial charge in [0, 0.05) is 6.54 Å². The molecule has 2 aromatic rings. The maximum absolute atomic E-state index is 5.41. The van der Waals surface area contributed by atoms with Crippen molar-refractivity contribution in [3.8, 4) is 5.75 Å². The van der Waals surface area contributed by atoms with Crippen LogP contribution in [0.15, 0.2) is 18.2 Å². The molecule has 0 fully saturated rings. The number of ether oxygens (including phenoxy) is 1. The average Bonchev–Trinajstić information content (AvgIpc) is 2.62. The van der Waals surface area contributed by atoms with E-state index in [1.807, 2.05) is 18.2 Å². The van der Waals surface area contributed by atoms with E-state index in [2.05, 4.69) is 8.75 Å². The number of nitrogens with zero attached hydrogens (tertiary/aromatic N) is 2. The van der Waals surface area contributed by atoms with Crippen molar-refractivity contribution < 1.29 is 4.74 Å². The summed E-state index contributed by atoms with van der Waals surface area (Å²) in [5.74, 6) is 0.761. The minimum atomic E-state index is 0.508. The summed E-state index contributed by atoms with van der Waals surface area (Å²) in [6, 6.07) is 5.68. The largest absolute Gasteiger partial charge is 0.490 e. The van der Waals surface area contributed by atoms with Crippen LogP contribution in [0.1, 0.15) is 0 Å². The molecule has 0 unspecified atom stereocenters. The molecule has 1 heterocycles. The minimum absolute atomic E-state index is 0.508. The van der Waals surface area contributed by atoms with Crippen molar-refractivity contribution in [1.82, 2.24) is 8.75 Å². The fourth-order valence-electron chi connectivity index (χ4n) is 1.07. The third-order valence-corrected chi connectivity index (χ3v) is 2.17. The second-order valence-electron chi connectivity index (χ2n) is 2.53. The Balaban J connectivity index is 2.37. The molecule has 1 aromatic heterocycles. The Morgan fingerprint density at radius 2 is 2.31 bits per heavy atom. The van der Waals surface area contributed by atoms with Gasteiger partial charge < -0.3 is 10.5 Å². The molecule has 2 rings (SSSR count). The summed E-state index contributed by atoms with van der Waals surface area (Å²) in [7, 11) is 0. The van der Waals surface area contributed by atoms with Gasteiger partial charge in [-0.25, -0.2) is 0 Å². The molecule has 0 atom stereocenters. The zero-order valence-corrected chi connectivity index (χ0v) is 7.75. The monoisotopic (exact) mass is 195 g/mol. The van der Waals surface area contributed by atoms with Gasteiger partial charge in [0.2, 0.25) is 0 Å². The minimum Gasteiger partial charge on any atom is -0.490 e. The number of nitrogens with two attached hydrogens (primary N) is 1. The van der Waals surface area contributed by atoms with Gasteiger partial charge in [-0.05, 0) is 12.1 Å². The molecule has 13 heavy (non-hydrogen) atoms. The molecule has 0 aliphatic rings. The lowest BCUT2D eigenvalue weighted by molar-refractivity contribution is 0.331. The molecule has 0 amide bonds. The van der Waals surface area contributed by atoms with Crippen molar-refractivity contribution >= 4 is 22.8 Å². The average molecular weight is 195 g/mol. The Morgan fingerprint density at radius 3 is 3.15 bits per heavy atom. The third-order valence-electron chi connectivity index (χ3n) is 1.62. The highest BCUT2D eigenvalue weighted by Crippen LogP contribution is 2.22. The van der Waals surface area contributed by atoms with E-state index >= 15 is 0 Å². The van der Waals surface area contributed by atoms with Crippen LogP contribution in [0.3, 0.4) is 0 Å². The van der Waals surface area contributed by atoms with Crippen LogP contribution in [0, 0.1) is 0 Å². The lowest BCUT2D eigenvalue weighted by Crippen LogP contribution is -2.10. The number of hydrogen-bond acceptors (Lipinski definition) is 5. The third kappa shape index (κ3) is 1.61. The predicted molar refractivity (Wildman–Crippen MR) is 52.0 cm³/mol. The molecule has 0 saturated heterocycles. The van der Waals surface area contributed by atoms with E-state index in [0.717, 1.165) is 16.8 Å². The molecule has 68 valence electrons. The molecule has 0 aliphatic heterocycles. The van der Waals surface area contributed by atoms with Gasteiger partial charge >= 0.3 is 0 Å². The first kappa shape index (κ1) is 8.40. The normalized spacial score (nSPS) is 10.5. The zero-order chi connectivity index (χ0) is 9.10. The van der Waals surface area contributed by atoms with Crippen LogP contribution in [0.2, 0.25) is 0 Å². The first-order valence-corrected chi connectivity index (χ1v) is 4.69. The maximum Gasteiger partial charge on any atom is 0.148 e. The highest BCUT2D eigenvalue weighted by Gasteiger charge is 2.04. The van der Waals surface area contributed by atoms with Crippen molar-refractivity contribution in [3.05, 3.63) is 18.2 Å². The fraction of sp³-hybridized carbons (Fsp3) is 0.250. The summed E-state index contributed by atoms with van der Waals surface area (Å²) >= 11 is 1.19. The van der Waals surface area contributed by atoms with E-state index in [0.29, 0.717) is 13.2 Å². The molecule has 0 radical (unpaired) electrons. The first-order chi connectivity index (χ1) is 6.42. The van der Waals surface area contributed by atoms with Gasteiger partial charge in [0.25, 0.3) is 0 Å². The van der Waals surface area contributed by atoms with Gasteiger partial charge in [0.1, 0.15) is 23.4 Å². The second kappa shape index (κ2) is 3.68. The summed E-state index contributed by atoms with van der Waals surface area (Å²) in [6.45, 7) is 1.02. The Bertz CT molecular complexity index is 401. The number of fused-ring (bicyclic) bond motifs is 1. The summed E-state index contributed by atoms with van der Waals surface area (Å²) < 4.78 is 13.6. The van der Waals surface area contributed by atoms with Crippen LogP contribution in [0.4, 0.5) is 0 Å². The molecule has 0 bridgehead atoms. The Morgan fingerprint density at radius 1 is 1.38 bits per heavy atom. The lowest BCUT2D eigenvalue weighted by atomic mass is 10.3. The van der Waals surface area contributed by atoms with Gasteiger partial charge in [0.15, 0.2) is 0 Å². The Hall–Kier alpha value is -1.20. The molecule has 5 heteroatoms. The van der Waals surface area contributed by atoms with Crippen LogP contribution in [0.25, 0.3) is 11.0 Å². The van der Waals surface area contributed by atoms with Crippen LogP contribution in [-0.4, -0.2) is 21.9 Å². The van der Waals surface area contributed by atoms with E-state index in [-0.39, 0.29) is 0 Å². The summed E-state index contributed by atoms with van der Waals surface area (Å²) in [6.07, 6.45) is 0. The van der Waals surface area contributed by atoms with Crippen molar-refractivity contribution in [1.29, 1.82) is 0 Å². The Kier molecular flexibility index (Phi) is 2.37. The molecule has 2 N–H and O–H groups in total. The summed E-state index contributed by atoms with van der Waals surface area (Å²) in [5, 5.41) is 0. The molecule has 0 saturated carbocycles. The van der Waals surface area contributed by atoms with E-state index in [1.54, 1.807) is 0 Å². The zero-order valence-electron chi connectivity index (χ0n) is 6.93. The lowest BCUT2D eigenvalue weighted by Gasteiger charge is -2.03. The van der Waals surface area contributed by atoms with Crippen molar-refractivity contribution in [2.24, 2.45) is 5.73 Å². The quantitative estimate of drug-likeness (QED) is 0.794. The first-order valence-electron chi connectivity index (χ1n) is 3.96. The fourth-order valence-corrected chi connectivity index (χ4v) is 1.61. The van der Waals surface area contributed by atoms with Crippen molar-refractivity contribution in [2.75, 3.05) is 13.2 Å². The number of hydrogen-bond donors (Lipinski definition) is 1. The van der Waals surface area contributed by atoms with Crippen LogP contribution in [0.5, 0.6) is 5.75 Å². The van der Waals surface area contributed by atoms with Gasteiger partial charge in [-0.2, -0.15) is 8.75 Å². The van der Waals surface area contributed by atoms with Crippen LogP contribution < -0.4 is 10.5 Å². The van der Waals surface area contributed by atoms with Gasteiger partial charge in [0.05, 0.1) is 11.7 Å². The second-order valence-corrected chi connectivity index (χ2v) is 3.05. The van der Waals surface area contributed by atoms with Crippen LogP contribution in [-0.2, 0) is 0 Å². The van der Waals surface area contributed by atoms with Crippen LogP contribution >= 0.6 is 11.7 Å². The number of benzene rings is 1. The number of aromatic nitrogens is 2. The van der Waals surface area contributed by atoms with Crippen molar-refractivity contribution in [2.45, 2.75) is 0 Å². The van der Waals surface area contributed by atoms with Crippen molar-refractivity contribution in [3.63, 3.8) is 0 Å². The summed E-state index contributed by atoms with van der Waals surface area (Å²) in [5.41, 5.74) is 7.03. The smallest absolute Gasteiger partial charge is 0.148 e. The predicted octanol–water partition coefficient (Wildman–Crippen LogP) is 1.03. The SMILES string of the molecule is NCCOc1cccc2nsnc12. The highest BCUT2D eigenvalue weighted by molar-refractivity contribution is 7.00. The van der Waals surface area contributed by atoms with E-state index in [4.69, 9.17) is 10.5 Å². The molecule has 1 aromatic carbocycles. The molecule has 4 nitrogen and oxygen atoms in total. The van der Waals surface area contributed by atoms with Gasteiger partial charge in [-0.3, -0.25) is 0 Å². The molecular weight excluding hydrogens is 186 g/mol. The Labute approximate surface area is 79.7 Å². The highest BCUT2D eigenvalue weighted by atomic mass is 32.1. The molecular formula is C8H9N3OS. The summed E-state index contributed by atoms with van der Waals surface area (Å²) in [4.78, 5) is 0. The molecule has 0 spiro atoms. The van der Waals surface area contributed by atoms with E-state index in [9.17, 15) is 0 Å². The molecule has 0 aliphatic carbocycles. The number of rotatable bonds is 3. The van der Waals surface area contributed by atoms with E-state index in [1.165, 1.54) is 11.7 Å². The van der Waals surface area contributed by atoms with E-state index < -0.39 is 0 Å². The maximum atomic E-state index is 5.41. The standard InChI is InChI=1S/C8H9N3OS/c9-4-5-12-7-3-1-2-6-8(7)11-13-10-6/h1-3H,4-5,9H2.